The van der Waals surface area contributed by atoms with E-state index in [0.29, 0.717) is 10.7 Å². The van der Waals surface area contributed by atoms with Crippen molar-refractivity contribution in [1.82, 2.24) is 9.97 Å². The Hall–Kier alpha value is -0.670. The average molecular weight is 258 g/mol. The highest BCUT2D eigenvalue weighted by molar-refractivity contribution is 9.10. The van der Waals surface area contributed by atoms with Crippen molar-refractivity contribution in [3.05, 3.63) is 33.5 Å². The zero-order chi connectivity index (χ0) is 9.42. The van der Waals surface area contributed by atoms with Gasteiger partial charge in [-0.1, -0.05) is 11.6 Å². The lowest BCUT2D eigenvalue weighted by Crippen LogP contribution is -1.88. The zero-order valence-corrected chi connectivity index (χ0v) is 9.22. The number of nitrogens with zero attached hydrogens (tertiary/aromatic N) is 2. The predicted octanol–water partition coefficient (Wildman–Crippen LogP) is 3.35. The molecule has 0 unspecified atom stereocenters. The van der Waals surface area contributed by atoms with E-state index < -0.39 is 0 Å². The van der Waals surface area contributed by atoms with Crippen LogP contribution in [-0.2, 0) is 0 Å². The SMILES string of the molecule is Cc1nc2nccc(Cl)c2cc1Br. The lowest BCUT2D eigenvalue weighted by molar-refractivity contribution is 1.19. The van der Waals surface area contributed by atoms with Gasteiger partial charge in [0.2, 0.25) is 0 Å². The Bertz CT molecular complexity index is 470. The smallest absolute Gasteiger partial charge is 0.160 e. The molecular formula is C9H6BrClN2. The number of pyridine rings is 2. The monoisotopic (exact) mass is 256 g/mol. The molecule has 13 heavy (non-hydrogen) atoms. The molecule has 0 radical (unpaired) electrons. The molecule has 66 valence electrons. The number of fused-ring (bicyclic) bond motifs is 1. The van der Waals surface area contributed by atoms with Gasteiger partial charge in [-0.05, 0) is 35.0 Å². The van der Waals surface area contributed by atoms with Crippen LogP contribution in [0.3, 0.4) is 0 Å². The van der Waals surface area contributed by atoms with E-state index in [-0.39, 0.29) is 0 Å². The van der Waals surface area contributed by atoms with Gasteiger partial charge in [-0.15, -0.1) is 0 Å². The maximum atomic E-state index is 5.98. The molecule has 0 aliphatic carbocycles. The van der Waals surface area contributed by atoms with Gasteiger partial charge in [0.25, 0.3) is 0 Å². The van der Waals surface area contributed by atoms with Gasteiger partial charge in [-0.25, -0.2) is 9.97 Å². The molecular weight excluding hydrogens is 251 g/mol. The first-order valence-corrected chi connectivity index (χ1v) is 4.93. The van der Waals surface area contributed by atoms with E-state index >= 15 is 0 Å². The molecule has 0 amide bonds. The lowest BCUT2D eigenvalue weighted by Gasteiger charge is -2.01. The maximum absolute atomic E-state index is 5.98. The van der Waals surface area contributed by atoms with E-state index in [2.05, 4.69) is 25.9 Å². The number of rotatable bonds is 0. The van der Waals surface area contributed by atoms with Crippen molar-refractivity contribution in [3.8, 4) is 0 Å². The van der Waals surface area contributed by atoms with Crippen LogP contribution in [0, 0.1) is 6.92 Å². The number of hydrogen-bond donors (Lipinski definition) is 0. The molecule has 2 rings (SSSR count). The van der Waals surface area contributed by atoms with Crippen molar-refractivity contribution in [2.45, 2.75) is 6.92 Å². The number of hydrogen-bond acceptors (Lipinski definition) is 2. The minimum Gasteiger partial charge on any atom is -0.237 e. The molecule has 0 spiro atoms. The molecule has 0 aliphatic heterocycles. The Labute approximate surface area is 89.1 Å². The molecule has 0 N–H and O–H groups in total. The molecule has 0 saturated carbocycles. The van der Waals surface area contributed by atoms with Crippen LogP contribution in [0.4, 0.5) is 0 Å². The van der Waals surface area contributed by atoms with Gasteiger partial charge in [0.1, 0.15) is 0 Å². The molecule has 2 heterocycles. The molecule has 0 fully saturated rings. The van der Waals surface area contributed by atoms with Crippen molar-refractivity contribution in [3.63, 3.8) is 0 Å². The fraction of sp³-hybridized carbons (Fsp3) is 0.111. The van der Waals surface area contributed by atoms with Gasteiger partial charge in [0.05, 0.1) is 10.7 Å². The second-order valence-corrected chi connectivity index (χ2v) is 3.98. The lowest BCUT2D eigenvalue weighted by atomic mass is 10.2. The first-order valence-electron chi connectivity index (χ1n) is 3.76. The summed E-state index contributed by atoms with van der Waals surface area (Å²) in [4.78, 5) is 8.42. The first-order chi connectivity index (χ1) is 6.18. The molecule has 0 aromatic carbocycles. The van der Waals surface area contributed by atoms with Crippen LogP contribution in [0.25, 0.3) is 11.0 Å². The Morgan fingerprint density at radius 2 is 2.23 bits per heavy atom. The minimum atomic E-state index is 0.679. The largest absolute Gasteiger partial charge is 0.237 e. The number of halogens is 2. The molecule has 2 aromatic heterocycles. The summed E-state index contributed by atoms with van der Waals surface area (Å²) >= 11 is 9.38. The van der Waals surface area contributed by atoms with Crippen molar-refractivity contribution in [1.29, 1.82) is 0 Å². The van der Waals surface area contributed by atoms with Crippen LogP contribution in [-0.4, -0.2) is 9.97 Å². The summed E-state index contributed by atoms with van der Waals surface area (Å²) in [7, 11) is 0. The van der Waals surface area contributed by atoms with E-state index in [4.69, 9.17) is 11.6 Å². The highest BCUT2D eigenvalue weighted by Crippen LogP contribution is 2.24. The summed E-state index contributed by atoms with van der Waals surface area (Å²) in [5.74, 6) is 0. The van der Waals surface area contributed by atoms with Crippen LogP contribution in [0.2, 0.25) is 5.02 Å². The van der Waals surface area contributed by atoms with Gasteiger partial charge in [0, 0.05) is 16.1 Å². The second kappa shape index (κ2) is 3.24. The Balaban J connectivity index is 2.89. The van der Waals surface area contributed by atoms with Crippen LogP contribution in [0.15, 0.2) is 22.8 Å². The molecule has 0 atom stereocenters. The van der Waals surface area contributed by atoms with Gasteiger partial charge in [-0.3, -0.25) is 0 Å². The Morgan fingerprint density at radius 1 is 1.46 bits per heavy atom. The highest BCUT2D eigenvalue weighted by Gasteiger charge is 2.03. The summed E-state index contributed by atoms with van der Waals surface area (Å²) < 4.78 is 0.954. The maximum Gasteiger partial charge on any atom is 0.160 e. The normalized spacial score (nSPS) is 10.7. The molecule has 2 nitrogen and oxygen atoms in total. The summed E-state index contributed by atoms with van der Waals surface area (Å²) in [6.07, 6.45) is 1.66. The van der Waals surface area contributed by atoms with Crippen molar-refractivity contribution >= 4 is 38.6 Å². The standard InChI is InChI=1S/C9H6BrClN2/c1-5-7(10)4-6-8(11)2-3-12-9(6)13-5/h2-4H,1H3. The van der Waals surface area contributed by atoms with E-state index in [0.717, 1.165) is 15.6 Å². The van der Waals surface area contributed by atoms with E-state index in [1.165, 1.54) is 0 Å². The van der Waals surface area contributed by atoms with Crippen molar-refractivity contribution < 1.29 is 0 Å². The van der Waals surface area contributed by atoms with Gasteiger partial charge >= 0.3 is 0 Å². The Morgan fingerprint density at radius 3 is 3.00 bits per heavy atom. The van der Waals surface area contributed by atoms with Gasteiger partial charge in [0.15, 0.2) is 5.65 Å². The van der Waals surface area contributed by atoms with Crippen molar-refractivity contribution in [2.24, 2.45) is 0 Å². The van der Waals surface area contributed by atoms with Crippen molar-refractivity contribution in [2.75, 3.05) is 0 Å². The molecule has 0 saturated heterocycles. The number of aromatic nitrogens is 2. The summed E-state index contributed by atoms with van der Waals surface area (Å²) in [5, 5.41) is 1.56. The van der Waals surface area contributed by atoms with E-state index in [1.807, 2.05) is 13.0 Å². The van der Waals surface area contributed by atoms with Crippen LogP contribution >= 0.6 is 27.5 Å². The quantitative estimate of drug-likeness (QED) is 0.723. The molecule has 2 aromatic rings. The van der Waals surface area contributed by atoms with E-state index in [1.54, 1.807) is 12.3 Å². The summed E-state index contributed by atoms with van der Waals surface area (Å²) in [6.45, 7) is 1.92. The van der Waals surface area contributed by atoms with Crippen LogP contribution in [0.1, 0.15) is 5.69 Å². The topological polar surface area (TPSA) is 25.8 Å². The minimum absolute atomic E-state index is 0.679. The first kappa shape index (κ1) is 8.91. The third kappa shape index (κ3) is 1.54. The Kier molecular flexibility index (Phi) is 2.22. The zero-order valence-electron chi connectivity index (χ0n) is 6.88. The third-order valence-corrected chi connectivity index (χ3v) is 2.94. The molecule has 0 aliphatic rings. The molecule has 4 heteroatoms. The third-order valence-electron chi connectivity index (χ3n) is 1.81. The second-order valence-electron chi connectivity index (χ2n) is 2.72. The van der Waals surface area contributed by atoms with Gasteiger partial charge < -0.3 is 0 Å². The average Bonchev–Trinajstić information content (AvgIpc) is 2.09. The van der Waals surface area contributed by atoms with Crippen LogP contribution < -0.4 is 0 Å². The summed E-state index contributed by atoms with van der Waals surface area (Å²) in [6, 6.07) is 3.69. The highest BCUT2D eigenvalue weighted by atomic mass is 79.9. The fourth-order valence-corrected chi connectivity index (χ4v) is 1.62. The summed E-state index contributed by atoms with van der Waals surface area (Å²) in [5.41, 5.74) is 1.61. The van der Waals surface area contributed by atoms with E-state index in [9.17, 15) is 0 Å². The fourth-order valence-electron chi connectivity index (χ4n) is 1.11. The molecule has 0 bridgehead atoms. The predicted molar refractivity (Wildman–Crippen MR) is 57.0 cm³/mol. The van der Waals surface area contributed by atoms with Gasteiger partial charge in [-0.2, -0.15) is 0 Å². The van der Waals surface area contributed by atoms with Crippen LogP contribution in [0.5, 0.6) is 0 Å². The number of aryl methyl sites for hydroxylation is 1.